The quantitative estimate of drug-likeness (QED) is 0.557. The van der Waals surface area contributed by atoms with Gasteiger partial charge in [0.1, 0.15) is 0 Å². The molecule has 0 heterocycles. The van der Waals surface area contributed by atoms with Gasteiger partial charge in [0.05, 0.1) is 0 Å². The first-order valence-corrected chi connectivity index (χ1v) is 8.25. The fourth-order valence-corrected chi connectivity index (χ4v) is 2.35. The van der Waals surface area contributed by atoms with Gasteiger partial charge in [-0.15, -0.1) is 0 Å². The van der Waals surface area contributed by atoms with Crippen molar-refractivity contribution in [2.45, 2.75) is 19.8 Å². The Morgan fingerprint density at radius 2 is 1.82 bits per heavy atom. The van der Waals surface area contributed by atoms with Crippen molar-refractivity contribution in [1.82, 2.24) is 15.1 Å². The van der Waals surface area contributed by atoms with Crippen LogP contribution < -0.4 is 5.32 Å². The lowest BCUT2D eigenvalue weighted by atomic mass is 10.1. The van der Waals surface area contributed by atoms with Crippen molar-refractivity contribution in [3.8, 4) is 0 Å². The van der Waals surface area contributed by atoms with Gasteiger partial charge in [-0.1, -0.05) is 42.5 Å². The summed E-state index contributed by atoms with van der Waals surface area (Å²) in [7, 11) is 4.18. The number of nitrogens with one attached hydrogen (secondary N) is 1. The van der Waals surface area contributed by atoms with Crippen molar-refractivity contribution in [3.05, 3.63) is 48.0 Å². The maximum absolute atomic E-state index is 5.53. The molecule has 0 aliphatic heterocycles. The molecule has 0 unspecified atom stereocenters. The molecule has 1 N–H and O–H groups in total. The highest BCUT2D eigenvalue weighted by molar-refractivity contribution is 7.80. The molecule has 1 aromatic rings. The van der Waals surface area contributed by atoms with Gasteiger partial charge in [-0.05, 0) is 51.6 Å². The third-order valence-electron chi connectivity index (χ3n) is 3.38. The molecule has 0 amide bonds. The van der Waals surface area contributed by atoms with Gasteiger partial charge in [0.15, 0.2) is 5.11 Å². The topological polar surface area (TPSA) is 18.5 Å². The summed E-state index contributed by atoms with van der Waals surface area (Å²) in [5, 5.41) is 4.13. The van der Waals surface area contributed by atoms with Crippen LogP contribution in [0, 0.1) is 0 Å². The zero-order chi connectivity index (χ0) is 16.4. The second-order valence-electron chi connectivity index (χ2n) is 6.00. The molecule has 3 nitrogen and oxygen atoms in total. The minimum absolute atomic E-state index is 0.746. The summed E-state index contributed by atoms with van der Waals surface area (Å²) in [6.45, 7) is 9.59. The zero-order valence-corrected chi connectivity index (χ0v) is 15.0. The lowest BCUT2D eigenvalue weighted by molar-refractivity contribution is 0.324. The standard InChI is InChI=1S/C18H29N3S/c1-16(2)15-19-18(22)21(14-13-20(3)4)12-8-11-17-9-6-5-7-10-17/h5-7,9-10H,1,8,11-15H2,2-4H3,(H,19,22). The van der Waals surface area contributed by atoms with Crippen LogP contribution in [0.2, 0.25) is 0 Å². The number of nitrogens with zero attached hydrogens (tertiary/aromatic N) is 2. The number of hydrogen-bond donors (Lipinski definition) is 1. The van der Waals surface area contributed by atoms with E-state index < -0.39 is 0 Å². The predicted octanol–water partition coefficient (Wildman–Crippen LogP) is 2.93. The Labute approximate surface area is 141 Å². The Balaban J connectivity index is 2.46. The van der Waals surface area contributed by atoms with Crippen LogP contribution in [0.1, 0.15) is 18.9 Å². The van der Waals surface area contributed by atoms with E-state index in [0.29, 0.717) is 0 Å². The molecule has 22 heavy (non-hydrogen) atoms. The number of likely N-dealkylation sites (N-methyl/N-ethyl adjacent to an activating group) is 1. The predicted molar refractivity (Wildman–Crippen MR) is 100 cm³/mol. The molecule has 0 aliphatic carbocycles. The summed E-state index contributed by atoms with van der Waals surface area (Å²) in [4.78, 5) is 4.45. The first kappa shape index (κ1) is 18.7. The summed E-state index contributed by atoms with van der Waals surface area (Å²) in [6, 6.07) is 10.6. The molecule has 0 saturated carbocycles. The van der Waals surface area contributed by atoms with Crippen LogP contribution in [0.4, 0.5) is 0 Å². The third-order valence-corrected chi connectivity index (χ3v) is 3.78. The average Bonchev–Trinajstić information content (AvgIpc) is 2.49. The minimum Gasteiger partial charge on any atom is -0.359 e. The van der Waals surface area contributed by atoms with Crippen molar-refractivity contribution in [3.63, 3.8) is 0 Å². The molecule has 0 saturated heterocycles. The normalized spacial score (nSPS) is 10.5. The van der Waals surface area contributed by atoms with E-state index in [2.05, 4.69) is 66.1 Å². The third kappa shape index (κ3) is 8.15. The molecule has 0 fully saturated rings. The summed E-state index contributed by atoms with van der Waals surface area (Å²) >= 11 is 5.53. The molecule has 4 heteroatoms. The monoisotopic (exact) mass is 319 g/mol. The number of benzene rings is 1. The van der Waals surface area contributed by atoms with Gasteiger partial charge in [-0.25, -0.2) is 0 Å². The summed E-state index contributed by atoms with van der Waals surface area (Å²) < 4.78 is 0. The SMILES string of the molecule is C=C(C)CNC(=S)N(CCCc1ccccc1)CCN(C)C. The molecule has 0 spiro atoms. The summed E-state index contributed by atoms with van der Waals surface area (Å²) in [5.41, 5.74) is 2.48. The van der Waals surface area contributed by atoms with Crippen molar-refractivity contribution < 1.29 is 0 Å². The van der Waals surface area contributed by atoms with E-state index in [1.807, 2.05) is 6.92 Å². The van der Waals surface area contributed by atoms with Gasteiger partial charge >= 0.3 is 0 Å². The average molecular weight is 320 g/mol. The molecular formula is C18H29N3S. The van der Waals surface area contributed by atoms with E-state index in [1.54, 1.807) is 0 Å². The van der Waals surface area contributed by atoms with Crippen molar-refractivity contribution in [1.29, 1.82) is 0 Å². The molecule has 1 aromatic carbocycles. The van der Waals surface area contributed by atoms with E-state index in [1.165, 1.54) is 5.56 Å². The number of hydrogen-bond acceptors (Lipinski definition) is 2. The molecule has 122 valence electrons. The van der Waals surface area contributed by atoms with Gasteiger partial charge in [-0.3, -0.25) is 0 Å². The molecular weight excluding hydrogens is 290 g/mol. The summed E-state index contributed by atoms with van der Waals surface area (Å²) in [5.74, 6) is 0. The zero-order valence-electron chi connectivity index (χ0n) is 14.1. The number of thiocarbonyl (C=S) groups is 1. The van der Waals surface area contributed by atoms with Gasteiger partial charge in [0.2, 0.25) is 0 Å². The van der Waals surface area contributed by atoms with Crippen LogP contribution in [0.15, 0.2) is 42.5 Å². The highest BCUT2D eigenvalue weighted by atomic mass is 32.1. The van der Waals surface area contributed by atoms with Gasteiger partial charge in [0, 0.05) is 26.2 Å². The maximum Gasteiger partial charge on any atom is 0.169 e. The van der Waals surface area contributed by atoms with Gasteiger partial charge < -0.3 is 15.1 Å². The van der Waals surface area contributed by atoms with Crippen molar-refractivity contribution >= 4 is 17.3 Å². The first-order valence-electron chi connectivity index (χ1n) is 7.85. The highest BCUT2D eigenvalue weighted by Crippen LogP contribution is 2.04. The highest BCUT2D eigenvalue weighted by Gasteiger charge is 2.09. The minimum atomic E-state index is 0.746. The fourth-order valence-electron chi connectivity index (χ4n) is 2.09. The molecule has 0 bridgehead atoms. The van der Waals surface area contributed by atoms with Crippen LogP contribution in [0.3, 0.4) is 0 Å². The van der Waals surface area contributed by atoms with Crippen LogP contribution in [0.5, 0.6) is 0 Å². The van der Waals surface area contributed by atoms with E-state index in [9.17, 15) is 0 Å². The van der Waals surface area contributed by atoms with E-state index in [4.69, 9.17) is 12.2 Å². The smallest absolute Gasteiger partial charge is 0.169 e. The molecule has 1 rings (SSSR count). The molecule has 0 aliphatic rings. The van der Waals surface area contributed by atoms with Crippen LogP contribution in [-0.2, 0) is 6.42 Å². The first-order chi connectivity index (χ1) is 10.5. The van der Waals surface area contributed by atoms with Crippen molar-refractivity contribution in [2.24, 2.45) is 0 Å². The number of aryl methyl sites for hydroxylation is 1. The van der Waals surface area contributed by atoms with E-state index in [0.717, 1.165) is 49.7 Å². The van der Waals surface area contributed by atoms with E-state index >= 15 is 0 Å². The maximum atomic E-state index is 5.53. The largest absolute Gasteiger partial charge is 0.359 e. The fraction of sp³-hybridized carbons (Fsp3) is 0.500. The Kier molecular flexibility index (Phi) is 8.78. The Hall–Kier alpha value is -1.39. The van der Waals surface area contributed by atoms with Crippen LogP contribution in [-0.4, -0.2) is 55.2 Å². The molecule has 0 aromatic heterocycles. The van der Waals surface area contributed by atoms with Gasteiger partial charge in [0.25, 0.3) is 0 Å². The lowest BCUT2D eigenvalue weighted by Gasteiger charge is -2.27. The lowest BCUT2D eigenvalue weighted by Crippen LogP contribution is -2.43. The van der Waals surface area contributed by atoms with E-state index in [-0.39, 0.29) is 0 Å². The Bertz CT molecular complexity index is 457. The summed E-state index contributed by atoms with van der Waals surface area (Å²) in [6.07, 6.45) is 2.19. The second-order valence-corrected chi connectivity index (χ2v) is 6.38. The Morgan fingerprint density at radius 1 is 1.14 bits per heavy atom. The van der Waals surface area contributed by atoms with Crippen molar-refractivity contribution in [2.75, 3.05) is 40.3 Å². The molecule has 0 atom stereocenters. The van der Waals surface area contributed by atoms with Crippen LogP contribution >= 0.6 is 12.2 Å². The second kappa shape index (κ2) is 10.4. The van der Waals surface area contributed by atoms with Crippen LogP contribution in [0.25, 0.3) is 0 Å². The molecule has 0 radical (unpaired) electrons. The number of rotatable bonds is 9. The Morgan fingerprint density at radius 3 is 2.41 bits per heavy atom. The van der Waals surface area contributed by atoms with Gasteiger partial charge in [-0.2, -0.15) is 0 Å².